The molecule has 0 aromatic heterocycles. The Bertz CT molecular complexity index is 970. The van der Waals surface area contributed by atoms with Crippen LogP contribution in [0, 0.1) is 0 Å². The van der Waals surface area contributed by atoms with Gasteiger partial charge in [0.15, 0.2) is 0 Å². The number of hydrogen-bond donors (Lipinski definition) is 2. The Morgan fingerprint density at radius 2 is 1.67 bits per heavy atom. The Kier molecular flexibility index (Phi) is 8.37. The molecular weight excluding hydrogens is 406 g/mol. The molecule has 0 bridgehead atoms. The summed E-state index contributed by atoms with van der Waals surface area (Å²) in [4.78, 5) is 24.4. The van der Waals surface area contributed by atoms with E-state index in [4.69, 9.17) is 4.74 Å². The van der Waals surface area contributed by atoms with Crippen LogP contribution in [0.1, 0.15) is 36.2 Å². The van der Waals surface area contributed by atoms with E-state index in [1.165, 1.54) is 28.6 Å². The lowest BCUT2D eigenvalue weighted by Crippen LogP contribution is -2.41. The number of ether oxygens (including phenoxy) is 1. The molecule has 0 radical (unpaired) electrons. The maximum absolute atomic E-state index is 12.6. The van der Waals surface area contributed by atoms with Crippen molar-refractivity contribution in [1.82, 2.24) is 15.2 Å². The van der Waals surface area contributed by atoms with Crippen LogP contribution in [0.4, 0.5) is 0 Å². The van der Waals surface area contributed by atoms with Crippen LogP contribution in [0.5, 0.6) is 5.75 Å². The average molecular weight is 434 g/mol. The molecule has 0 saturated heterocycles. The van der Waals surface area contributed by atoms with Crippen molar-refractivity contribution in [1.29, 1.82) is 0 Å². The second-order valence-electron chi connectivity index (χ2n) is 6.47. The van der Waals surface area contributed by atoms with Crippen molar-refractivity contribution >= 4 is 21.8 Å². The first kappa shape index (κ1) is 23.4. The number of nitrogens with zero attached hydrogens (tertiary/aromatic N) is 1. The zero-order valence-corrected chi connectivity index (χ0v) is 18.2. The zero-order valence-electron chi connectivity index (χ0n) is 17.3. The lowest BCUT2D eigenvalue weighted by atomic mass is 10.1. The van der Waals surface area contributed by atoms with E-state index in [1.807, 2.05) is 24.3 Å². The first-order chi connectivity index (χ1) is 14.3. The van der Waals surface area contributed by atoms with Gasteiger partial charge in [0, 0.05) is 25.1 Å². The van der Waals surface area contributed by atoms with Crippen molar-refractivity contribution in [3.63, 3.8) is 0 Å². The van der Waals surface area contributed by atoms with Gasteiger partial charge in [0.1, 0.15) is 5.75 Å². The fourth-order valence-corrected chi connectivity index (χ4v) is 4.33. The molecule has 2 rings (SSSR count). The number of sulfonamides is 1. The number of carbonyl (C=O) groups is 2. The Balaban J connectivity index is 1.93. The first-order valence-electron chi connectivity index (χ1n) is 9.64. The van der Waals surface area contributed by atoms with Crippen molar-refractivity contribution in [3.05, 3.63) is 59.7 Å². The molecule has 0 aliphatic heterocycles. The maximum Gasteiger partial charge on any atom is 0.269 e. The Morgan fingerprint density at radius 1 is 1.00 bits per heavy atom. The highest BCUT2D eigenvalue weighted by Gasteiger charge is 2.22. The Labute approximate surface area is 177 Å². The molecular formula is C21H27N3O5S. The summed E-state index contributed by atoms with van der Waals surface area (Å²) in [5.74, 6) is -0.212. The maximum atomic E-state index is 12.6. The van der Waals surface area contributed by atoms with Gasteiger partial charge in [-0.05, 0) is 42.3 Å². The summed E-state index contributed by atoms with van der Waals surface area (Å²) >= 11 is 0. The summed E-state index contributed by atoms with van der Waals surface area (Å²) < 4.78 is 31.6. The summed E-state index contributed by atoms with van der Waals surface area (Å²) in [5, 5.41) is 0. The van der Waals surface area contributed by atoms with Gasteiger partial charge in [-0.1, -0.05) is 32.0 Å². The normalized spacial score (nSPS) is 11.2. The smallest absolute Gasteiger partial charge is 0.269 e. The second-order valence-corrected chi connectivity index (χ2v) is 8.41. The topological polar surface area (TPSA) is 105 Å². The fourth-order valence-electron chi connectivity index (χ4n) is 2.82. The van der Waals surface area contributed by atoms with Gasteiger partial charge in [-0.15, -0.1) is 0 Å². The molecule has 0 aliphatic rings. The largest absolute Gasteiger partial charge is 0.497 e. The highest BCUT2D eigenvalue weighted by atomic mass is 32.2. The monoisotopic (exact) mass is 433 g/mol. The number of benzene rings is 2. The Morgan fingerprint density at radius 3 is 2.27 bits per heavy atom. The SMILES string of the molecule is CCN(CC)S(=O)(=O)c1cccc(C(=O)NNC(=O)CCc2ccc(OC)cc2)c1. The molecule has 8 nitrogen and oxygen atoms in total. The van der Waals surface area contributed by atoms with E-state index in [9.17, 15) is 18.0 Å². The predicted molar refractivity (Wildman–Crippen MR) is 113 cm³/mol. The quantitative estimate of drug-likeness (QED) is 0.590. The van der Waals surface area contributed by atoms with E-state index in [0.29, 0.717) is 19.5 Å². The van der Waals surface area contributed by atoms with E-state index in [0.717, 1.165) is 11.3 Å². The number of hydrogen-bond acceptors (Lipinski definition) is 5. The summed E-state index contributed by atoms with van der Waals surface area (Å²) in [6, 6.07) is 13.1. The standard InChI is InChI=1S/C21H27N3O5S/c1-4-24(5-2)30(27,28)19-8-6-7-17(15-19)21(26)23-22-20(25)14-11-16-9-12-18(29-3)13-10-16/h6-10,12-13,15H,4-5,11,14H2,1-3H3,(H,22,25)(H,23,26). The zero-order chi connectivity index (χ0) is 22.1. The van der Waals surface area contributed by atoms with E-state index < -0.39 is 15.9 Å². The van der Waals surface area contributed by atoms with Gasteiger partial charge in [0.05, 0.1) is 12.0 Å². The van der Waals surface area contributed by atoms with Crippen LogP contribution in [0.15, 0.2) is 53.4 Å². The van der Waals surface area contributed by atoms with Gasteiger partial charge in [-0.2, -0.15) is 4.31 Å². The van der Waals surface area contributed by atoms with Gasteiger partial charge < -0.3 is 4.74 Å². The van der Waals surface area contributed by atoms with E-state index in [2.05, 4.69) is 10.9 Å². The molecule has 9 heteroatoms. The van der Waals surface area contributed by atoms with Crippen LogP contribution in [-0.4, -0.2) is 44.7 Å². The molecule has 2 amide bonds. The van der Waals surface area contributed by atoms with Crippen molar-refractivity contribution < 1.29 is 22.7 Å². The number of carbonyl (C=O) groups excluding carboxylic acids is 2. The fraction of sp³-hybridized carbons (Fsp3) is 0.333. The lowest BCUT2D eigenvalue weighted by Gasteiger charge is -2.18. The van der Waals surface area contributed by atoms with Crippen LogP contribution in [-0.2, 0) is 21.2 Å². The minimum Gasteiger partial charge on any atom is -0.497 e. The number of methoxy groups -OCH3 is 1. The number of aryl methyl sites for hydroxylation is 1. The summed E-state index contributed by atoms with van der Waals surface area (Å²) in [6.07, 6.45) is 0.687. The van der Waals surface area contributed by atoms with Gasteiger partial charge in [-0.3, -0.25) is 20.4 Å². The molecule has 0 spiro atoms. The third kappa shape index (κ3) is 6.04. The summed E-state index contributed by atoms with van der Waals surface area (Å²) in [7, 11) is -2.09. The minimum atomic E-state index is -3.68. The number of amides is 2. The summed E-state index contributed by atoms with van der Waals surface area (Å²) in [6.45, 7) is 4.16. The van der Waals surface area contributed by atoms with E-state index >= 15 is 0 Å². The van der Waals surface area contributed by atoms with Crippen molar-refractivity contribution in [2.75, 3.05) is 20.2 Å². The highest BCUT2D eigenvalue weighted by Crippen LogP contribution is 2.17. The third-order valence-electron chi connectivity index (χ3n) is 4.55. The molecule has 2 aromatic carbocycles. The molecule has 2 aromatic rings. The molecule has 0 fully saturated rings. The molecule has 0 atom stereocenters. The van der Waals surface area contributed by atoms with Crippen molar-refractivity contribution in [2.45, 2.75) is 31.6 Å². The number of nitrogens with one attached hydrogen (secondary N) is 2. The third-order valence-corrected chi connectivity index (χ3v) is 6.60. The Hall–Kier alpha value is -2.91. The second kappa shape index (κ2) is 10.7. The number of hydrazine groups is 1. The van der Waals surface area contributed by atoms with Crippen LogP contribution >= 0.6 is 0 Å². The molecule has 0 unspecified atom stereocenters. The van der Waals surface area contributed by atoms with E-state index in [1.54, 1.807) is 21.0 Å². The predicted octanol–water partition coefficient (Wildman–Crippen LogP) is 2.12. The molecule has 2 N–H and O–H groups in total. The molecule has 30 heavy (non-hydrogen) atoms. The molecule has 0 heterocycles. The van der Waals surface area contributed by atoms with Crippen LogP contribution < -0.4 is 15.6 Å². The molecule has 0 aliphatic carbocycles. The molecule has 0 saturated carbocycles. The van der Waals surface area contributed by atoms with Gasteiger partial charge in [-0.25, -0.2) is 8.42 Å². The average Bonchev–Trinajstić information content (AvgIpc) is 2.77. The van der Waals surface area contributed by atoms with Gasteiger partial charge >= 0.3 is 0 Å². The lowest BCUT2D eigenvalue weighted by molar-refractivity contribution is -0.121. The van der Waals surface area contributed by atoms with E-state index in [-0.39, 0.29) is 22.8 Å². The minimum absolute atomic E-state index is 0.0321. The van der Waals surface area contributed by atoms with Crippen LogP contribution in [0.2, 0.25) is 0 Å². The van der Waals surface area contributed by atoms with Crippen molar-refractivity contribution in [3.8, 4) is 5.75 Å². The van der Waals surface area contributed by atoms with Gasteiger partial charge in [0.2, 0.25) is 15.9 Å². The molecule has 162 valence electrons. The first-order valence-corrected chi connectivity index (χ1v) is 11.1. The number of rotatable bonds is 9. The van der Waals surface area contributed by atoms with Crippen molar-refractivity contribution in [2.24, 2.45) is 0 Å². The van der Waals surface area contributed by atoms with Crippen LogP contribution in [0.3, 0.4) is 0 Å². The highest BCUT2D eigenvalue weighted by molar-refractivity contribution is 7.89. The van der Waals surface area contributed by atoms with Gasteiger partial charge in [0.25, 0.3) is 5.91 Å². The van der Waals surface area contributed by atoms with Crippen LogP contribution in [0.25, 0.3) is 0 Å². The summed E-state index contributed by atoms with van der Waals surface area (Å²) in [5.41, 5.74) is 5.78.